The molecule has 0 aromatic heterocycles. The van der Waals surface area contributed by atoms with Gasteiger partial charge in [0.2, 0.25) is 0 Å². The van der Waals surface area contributed by atoms with Gasteiger partial charge < -0.3 is 9.47 Å². The molecule has 3 heterocycles. The molecule has 0 aliphatic carbocycles. The minimum atomic E-state index is 0.524. The third kappa shape index (κ3) is 2.83. The second kappa shape index (κ2) is 5.68. The lowest BCUT2D eigenvalue weighted by molar-refractivity contribution is 0.0398. The Morgan fingerprint density at radius 1 is 1.24 bits per heavy atom. The summed E-state index contributed by atoms with van der Waals surface area (Å²) in [4.78, 5) is 2.70. The van der Waals surface area contributed by atoms with Crippen molar-refractivity contribution in [3.63, 3.8) is 0 Å². The van der Waals surface area contributed by atoms with Gasteiger partial charge in [-0.05, 0) is 51.5 Å². The van der Waals surface area contributed by atoms with Crippen LogP contribution in [0.2, 0.25) is 0 Å². The van der Waals surface area contributed by atoms with Gasteiger partial charge in [0.1, 0.15) is 0 Å². The first-order valence-electron chi connectivity index (χ1n) is 7.20. The van der Waals surface area contributed by atoms with Crippen molar-refractivity contribution in [1.29, 1.82) is 0 Å². The van der Waals surface area contributed by atoms with E-state index in [1.807, 2.05) is 0 Å². The fourth-order valence-electron chi connectivity index (χ4n) is 3.50. The molecule has 3 atom stereocenters. The number of likely N-dealkylation sites (tertiary alicyclic amines) is 1. The Labute approximate surface area is 104 Å². The van der Waals surface area contributed by atoms with Gasteiger partial charge in [-0.2, -0.15) is 0 Å². The smallest absolute Gasteiger partial charge is 0.0622 e. The van der Waals surface area contributed by atoms with Crippen molar-refractivity contribution >= 4 is 0 Å². The molecule has 0 saturated carbocycles. The average Bonchev–Trinajstić information content (AvgIpc) is 3.01. The maximum atomic E-state index is 5.79. The summed E-state index contributed by atoms with van der Waals surface area (Å²) >= 11 is 0. The molecule has 3 saturated heterocycles. The van der Waals surface area contributed by atoms with Crippen molar-refractivity contribution in [2.45, 2.75) is 56.7 Å². The van der Waals surface area contributed by atoms with Gasteiger partial charge in [0, 0.05) is 25.3 Å². The Hall–Kier alpha value is -0.120. The minimum absolute atomic E-state index is 0.524. The van der Waals surface area contributed by atoms with Crippen molar-refractivity contribution in [3.8, 4) is 0 Å². The molecule has 3 rings (SSSR count). The van der Waals surface area contributed by atoms with Crippen molar-refractivity contribution < 1.29 is 9.47 Å². The maximum Gasteiger partial charge on any atom is 0.0622 e. The highest BCUT2D eigenvalue weighted by atomic mass is 16.5. The normalized spacial score (nSPS) is 39.9. The van der Waals surface area contributed by atoms with E-state index in [9.17, 15) is 0 Å². The van der Waals surface area contributed by atoms with Crippen LogP contribution < -0.4 is 0 Å². The molecule has 1 radical (unpaired) electrons. The molecule has 97 valence electrons. The Morgan fingerprint density at radius 3 is 3.00 bits per heavy atom. The molecule has 3 nitrogen and oxygen atoms in total. The molecule has 3 aliphatic rings. The standard InChI is InChI=1S/C14H24NO2/c1-2-7-15(13-6-9-16-11-13)12(4-1)10-14-5-3-8-17-14/h1,12-14H,2-11H2. The molecule has 0 aromatic rings. The van der Waals surface area contributed by atoms with Gasteiger partial charge in [-0.1, -0.05) is 0 Å². The third-order valence-electron chi connectivity index (χ3n) is 4.43. The first kappa shape index (κ1) is 11.9. The molecule has 0 N–H and O–H groups in total. The Morgan fingerprint density at radius 2 is 2.24 bits per heavy atom. The van der Waals surface area contributed by atoms with Gasteiger partial charge in [0.05, 0.1) is 12.7 Å². The second-order valence-corrected chi connectivity index (χ2v) is 5.59. The van der Waals surface area contributed by atoms with Crippen LogP contribution in [0, 0.1) is 6.42 Å². The fourth-order valence-corrected chi connectivity index (χ4v) is 3.50. The zero-order valence-electron chi connectivity index (χ0n) is 10.6. The summed E-state index contributed by atoms with van der Waals surface area (Å²) in [6.07, 6.45) is 10.5. The summed E-state index contributed by atoms with van der Waals surface area (Å²) in [5, 5.41) is 0. The monoisotopic (exact) mass is 238 g/mol. The second-order valence-electron chi connectivity index (χ2n) is 5.59. The predicted molar refractivity (Wildman–Crippen MR) is 66.8 cm³/mol. The van der Waals surface area contributed by atoms with Crippen LogP contribution in [-0.4, -0.2) is 49.5 Å². The molecule has 3 heteroatoms. The quantitative estimate of drug-likeness (QED) is 0.751. The topological polar surface area (TPSA) is 21.7 Å². The summed E-state index contributed by atoms with van der Waals surface area (Å²) in [7, 11) is 0. The van der Waals surface area contributed by atoms with Gasteiger partial charge in [-0.3, -0.25) is 4.90 Å². The highest BCUT2D eigenvalue weighted by molar-refractivity contribution is 4.92. The molecular formula is C14H24NO2. The lowest BCUT2D eigenvalue weighted by atomic mass is 9.94. The van der Waals surface area contributed by atoms with E-state index >= 15 is 0 Å². The zero-order valence-corrected chi connectivity index (χ0v) is 10.6. The maximum absolute atomic E-state index is 5.79. The molecule has 0 bridgehead atoms. The highest BCUT2D eigenvalue weighted by Crippen LogP contribution is 2.28. The molecule has 17 heavy (non-hydrogen) atoms. The number of hydrogen-bond donors (Lipinski definition) is 0. The van der Waals surface area contributed by atoms with E-state index in [-0.39, 0.29) is 0 Å². The zero-order chi connectivity index (χ0) is 11.5. The average molecular weight is 238 g/mol. The van der Waals surface area contributed by atoms with Crippen LogP contribution in [-0.2, 0) is 9.47 Å². The van der Waals surface area contributed by atoms with Crippen LogP contribution in [0.3, 0.4) is 0 Å². The number of piperidine rings is 1. The summed E-state index contributed by atoms with van der Waals surface area (Å²) in [6.45, 7) is 4.11. The number of rotatable bonds is 3. The first-order valence-corrected chi connectivity index (χ1v) is 7.20. The van der Waals surface area contributed by atoms with E-state index in [2.05, 4.69) is 11.3 Å². The minimum Gasteiger partial charge on any atom is -0.380 e. The van der Waals surface area contributed by atoms with Crippen LogP contribution >= 0.6 is 0 Å². The Kier molecular flexibility index (Phi) is 3.99. The first-order chi connectivity index (χ1) is 8.43. The lowest BCUT2D eigenvalue weighted by Gasteiger charge is -2.40. The van der Waals surface area contributed by atoms with Crippen LogP contribution in [0.1, 0.15) is 38.5 Å². The summed E-state index contributed by atoms with van der Waals surface area (Å²) < 4.78 is 11.3. The lowest BCUT2D eigenvalue weighted by Crippen LogP contribution is -2.48. The van der Waals surface area contributed by atoms with E-state index in [0.717, 1.165) is 19.8 Å². The third-order valence-corrected chi connectivity index (χ3v) is 4.43. The molecule has 0 amide bonds. The largest absolute Gasteiger partial charge is 0.380 e. The fraction of sp³-hybridized carbons (Fsp3) is 0.929. The van der Waals surface area contributed by atoms with Crippen molar-refractivity contribution in [3.05, 3.63) is 6.42 Å². The summed E-state index contributed by atoms with van der Waals surface area (Å²) in [5.41, 5.74) is 0. The molecule has 3 aliphatic heterocycles. The van der Waals surface area contributed by atoms with Gasteiger partial charge in [-0.15, -0.1) is 0 Å². The van der Waals surface area contributed by atoms with Crippen LogP contribution in [0.4, 0.5) is 0 Å². The summed E-state index contributed by atoms with van der Waals surface area (Å²) in [6, 6.07) is 1.38. The number of nitrogens with zero attached hydrogens (tertiary/aromatic N) is 1. The van der Waals surface area contributed by atoms with Gasteiger partial charge >= 0.3 is 0 Å². The van der Waals surface area contributed by atoms with E-state index in [1.165, 1.54) is 45.1 Å². The molecular weight excluding hydrogens is 214 g/mol. The van der Waals surface area contributed by atoms with Crippen molar-refractivity contribution in [1.82, 2.24) is 4.90 Å². The predicted octanol–water partition coefficient (Wildman–Crippen LogP) is 2.01. The molecule has 3 fully saturated rings. The summed E-state index contributed by atoms with van der Waals surface area (Å²) in [5.74, 6) is 0. The Balaban J connectivity index is 1.58. The molecule has 3 unspecified atom stereocenters. The number of ether oxygens (including phenoxy) is 2. The number of hydrogen-bond acceptors (Lipinski definition) is 3. The van der Waals surface area contributed by atoms with E-state index in [0.29, 0.717) is 18.2 Å². The van der Waals surface area contributed by atoms with Gasteiger partial charge in [0.15, 0.2) is 0 Å². The Bertz CT molecular complexity index is 234. The van der Waals surface area contributed by atoms with Crippen LogP contribution in [0.5, 0.6) is 0 Å². The van der Waals surface area contributed by atoms with Gasteiger partial charge in [-0.25, -0.2) is 0 Å². The highest BCUT2D eigenvalue weighted by Gasteiger charge is 2.33. The van der Waals surface area contributed by atoms with Crippen LogP contribution in [0.25, 0.3) is 0 Å². The SMILES string of the molecule is [CH]1CCN(C2CCOC2)C(CC2CCCO2)C1. The molecule has 0 aromatic carbocycles. The van der Waals surface area contributed by atoms with Crippen molar-refractivity contribution in [2.75, 3.05) is 26.4 Å². The van der Waals surface area contributed by atoms with E-state index in [1.54, 1.807) is 0 Å². The van der Waals surface area contributed by atoms with Gasteiger partial charge in [0.25, 0.3) is 0 Å². The van der Waals surface area contributed by atoms with Crippen molar-refractivity contribution in [2.24, 2.45) is 0 Å². The molecule has 0 spiro atoms. The van der Waals surface area contributed by atoms with Crippen LogP contribution in [0.15, 0.2) is 0 Å². The van der Waals surface area contributed by atoms with E-state index in [4.69, 9.17) is 9.47 Å². The van der Waals surface area contributed by atoms with E-state index < -0.39 is 0 Å².